The molecule has 2 unspecified atom stereocenters. The maximum atomic E-state index is 12.9. The number of ketones is 1. The van der Waals surface area contributed by atoms with Crippen molar-refractivity contribution >= 4 is 46.1 Å². The molecule has 0 radical (unpaired) electrons. The van der Waals surface area contributed by atoms with Crippen molar-refractivity contribution in [3.63, 3.8) is 0 Å². The molecule has 0 N–H and O–H groups in total. The number of anilines is 2. The molecule has 1 saturated carbocycles. The highest BCUT2D eigenvalue weighted by Gasteiger charge is 2.42. The summed E-state index contributed by atoms with van der Waals surface area (Å²) in [6.45, 7) is 2.13. The van der Waals surface area contributed by atoms with Crippen LogP contribution in [0, 0.1) is 6.92 Å². The third-order valence-corrected chi connectivity index (χ3v) is 9.80. The maximum absolute atomic E-state index is 12.9. The van der Waals surface area contributed by atoms with Gasteiger partial charge >= 0.3 is 0 Å². The van der Waals surface area contributed by atoms with Gasteiger partial charge in [-0.3, -0.25) is 9.59 Å². The lowest BCUT2D eigenvalue weighted by atomic mass is 9.95. The molecule has 1 aliphatic heterocycles. The summed E-state index contributed by atoms with van der Waals surface area (Å²) in [5.41, 5.74) is 7.99. The fourth-order valence-electron chi connectivity index (χ4n) is 5.87. The molecule has 0 bridgehead atoms. The van der Waals surface area contributed by atoms with Crippen molar-refractivity contribution in [2.75, 3.05) is 4.90 Å². The van der Waals surface area contributed by atoms with Crippen LogP contribution in [0.1, 0.15) is 61.9 Å². The van der Waals surface area contributed by atoms with Crippen LogP contribution in [0.2, 0.25) is 0 Å². The fourth-order valence-corrected chi connectivity index (χ4v) is 8.15. The highest BCUT2D eigenvalue weighted by atomic mass is 32.1. The molecule has 162 valence electrons. The SMILES string of the molecule is Cc1ccc(N2c3ccc(-c4cc5c(s4)-c4sc(C=O)cc4C5=O)cc3C3CCCC32)cc1. The van der Waals surface area contributed by atoms with E-state index in [1.165, 1.54) is 58.7 Å². The number of thiophene rings is 2. The fraction of sp³-hybridized carbons (Fsp3) is 0.214. The lowest BCUT2D eigenvalue weighted by molar-refractivity contribution is 0.104. The topological polar surface area (TPSA) is 37.4 Å². The number of hydrogen-bond acceptors (Lipinski definition) is 5. The van der Waals surface area contributed by atoms with E-state index in [1.807, 2.05) is 0 Å². The highest BCUT2D eigenvalue weighted by molar-refractivity contribution is 7.25. The summed E-state index contributed by atoms with van der Waals surface area (Å²) in [6.07, 6.45) is 4.56. The van der Waals surface area contributed by atoms with Crippen LogP contribution in [-0.4, -0.2) is 18.1 Å². The van der Waals surface area contributed by atoms with Crippen LogP contribution in [-0.2, 0) is 0 Å². The van der Waals surface area contributed by atoms with Gasteiger partial charge in [-0.25, -0.2) is 0 Å². The molecule has 0 spiro atoms. The molecule has 4 aromatic rings. The van der Waals surface area contributed by atoms with Gasteiger partial charge in [-0.05, 0) is 67.3 Å². The number of rotatable bonds is 3. The number of carbonyl (C=O) groups is 2. The Morgan fingerprint density at radius 3 is 2.55 bits per heavy atom. The van der Waals surface area contributed by atoms with E-state index < -0.39 is 0 Å². The van der Waals surface area contributed by atoms with Gasteiger partial charge in [0.2, 0.25) is 0 Å². The lowest BCUT2D eigenvalue weighted by Crippen LogP contribution is -2.26. The minimum atomic E-state index is 0.0504. The number of nitrogens with zero attached hydrogens (tertiary/aromatic N) is 1. The number of aryl methyl sites for hydroxylation is 1. The van der Waals surface area contributed by atoms with Crippen molar-refractivity contribution in [2.45, 2.75) is 38.1 Å². The first-order valence-corrected chi connectivity index (χ1v) is 13.0. The molecule has 0 saturated heterocycles. The lowest BCUT2D eigenvalue weighted by Gasteiger charge is -2.27. The highest BCUT2D eigenvalue weighted by Crippen LogP contribution is 2.54. The molecule has 1 fully saturated rings. The van der Waals surface area contributed by atoms with E-state index in [9.17, 15) is 9.59 Å². The van der Waals surface area contributed by atoms with Crippen LogP contribution >= 0.6 is 22.7 Å². The predicted octanol–water partition coefficient (Wildman–Crippen LogP) is 7.60. The summed E-state index contributed by atoms with van der Waals surface area (Å²) in [5, 5.41) is 0. The Labute approximate surface area is 200 Å². The molecular formula is C28H21NO2S2. The van der Waals surface area contributed by atoms with E-state index >= 15 is 0 Å². The van der Waals surface area contributed by atoms with Gasteiger partial charge < -0.3 is 4.90 Å². The number of aldehydes is 1. The zero-order valence-corrected chi connectivity index (χ0v) is 19.8. The minimum absolute atomic E-state index is 0.0504. The first-order chi connectivity index (χ1) is 16.1. The first-order valence-electron chi connectivity index (χ1n) is 11.4. The van der Waals surface area contributed by atoms with Crippen LogP contribution in [0.25, 0.3) is 20.2 Å². The summed E-state index contributed by atoms with van der Waals surface area (Å²) in [5.74, 6) is 0.614. The third kappa shape index (κ3) is 2.73. The van der Waals surface area contributed by atoms with Crippen LogP contribution in [0.5, 0.6) is 0 Å². The Morgan fingerprint density at radius 1 is 0.939 bits per heavy atom. The van der Waals surface area contributed by atoms with E-state index in [0.717, 1.165) is 26.5 Å². The molecule has 2 aromatic heterocycles. The summed E-state index contributed by atoms with van der Waals surface area (Å²) < 4.78 is 0. The zero-order valence-electron chi connectivity index (χ0n) is 18.1. The van der Waals surface area contributed by atoms with Crippen molar-refractivity contribution in [1.29, 1.82) is 0 Å². The van der Waals surface area contributed by atoms with Crippen molar-refractivity contribution < 1.29 is 9.59 Å². The van der Waals surface area contributed by atoms with Crippen molar-refractivity contribution in [1.82, 2.24) is 0 Å². The van der Waals surface area contributed by atoms with Crippen molar-refractivity contribution in [2.24, 2.45) is 0 Å². The van der Waals surface area contributed by atoms with Crippen LogP contribution in [0.3, 0.4) is 0 Å². The Hall–Kier alpha value is -3.02. The quantitative estimate of drug-likeness (QED) is 0.256. The number of benzene rings is 2. The molecule has 3 nitrogen and oxygen atoms in total. The molecule has 7 rings (SSSR count). The van der Waals surface area contributed by atoms with E-state index in [0.29, 0.717) is 22.4 Å². The van der Waals surface area contributed by atoms with Gasteiger partial charge in [-0.1, -0.05) is 30.2 Å². The van der Waals surface area contributed by atoms with Gasteiger partial charge in [0.25, 0.3) is 0 Å². The molecule has 2 atom stereocenters. The largest absolute Gasteiger partial charge is 0.338 e. The second-order valence-corrected chi connectivity index (χ2v) is 11.4. The normalized spacial score (nSPS) is 20.0. The average Bonchev–Trinajstić information content (AvgIpc) is 3.62. The number of fused-ring (bicyclic) bond motifs is 6. The van der Waals surface area contributed by atoms with Gasteiger partial charge in [0.05, 0.1) is 14.6 Å². The molecular weight excluding hydrogens is 446 g/mol. The predicted molar refractivity (Wildman–Crippen MR) is 136 cm³/mol. The molecule has 2 aromatic carbocycles. The van der Waals surface area contributed by atoms with E-state index in [1.54, 1.807) is 17.4 Å². The monoisotopic (exact) mass is 467 g/mol. The zero-order chi connectivity index (χ0) is 22.3. The smallest absolute Gasteiger partial charge is 0.196 e. The molecule has 3 aliphatic rings. The molecule has 0 amide bonds. The standard InChI is InChI=1S/C28H21NO2S2/c1-15-5-8-17(9-6-15)29-23-4-2-3-19(23)20-11-16(7-10-24(20)29)25-13-22-26(31)21-12-18(14-30)32-27(21)28(22)33-25/h5-14,19,23H,2-4H2,1H3. The molecule has 33 heavy (non-hydrogen) atoms. The minimum Gasteiger partial charge on any atom is -0.338 e. The second-order valence-electron chi connectivity index (χ2n) is 9.28. The Morgan fingerprint density at radius 2 is 1.73 bits per heavy atom. The summed E-state index contributed by atoms with van der Waals surface area (Å²) in [6, 6.07) is 20.1. The van der Waals surface area contributed by atoms with Crippen molar-refractivity contribution in [3.8, 4) is 20.2 Å². The van der Waals surface area contributed by atoms with Gasteiger partial charge in [0.15, 0.2) is 12.1 Å². The van der Waals surface area contributed by atoms with Crippen LogP contribution in [0.15, 0.2) is 54.6 Å². The van der Waals surface area contributed by atoms with E-state index in [4.69, 9.17) is 0 Å². The Kier molecular flexibility index (Phi) is 4.12. The van der Waals surface area contributed by atoms with Gasteiger partial charge in [0, 0.05) is 39.3 Å². The van der Waals surface area contributed by atoms with Crippen LogP contribution in [0.4, 0.5) is 11.4 Å². The maximum Gasteiger partial charge on any atom is 0.196 e. The first kappa shape index (κ1) is 19.4. The van der Waals surface area contributed by atoms with E-state index in [-0.39, 0.29) is 5.78 Å². The Balaban J connectivity index is 1.31. The molecule has 5 heteroatoms. The summed E-state index contributed by atoms with van der Waals surface area (Å²) in [7, 11) is 0. The molecule has 3 heterocycles. The van der Waals surface area contributed by atoms with Gasteiger partial charge in [0.1, 0.15) is 0 Å². The molecule has 2 aliphatic carbocycles. The van der Waals surface area contributed by atoms with Crippen LogP contribution < -0.4 is 4.90 Å². The van der Waals surface area contributed by atoms with E-state index in [2.05, 4.69) is 60.4 Å². The summed E-state index contributed by atoms with van der Waals surface area (Å²) in [4.78, 5) is 30.4. The average molecular weight is 468 g/mol. The van der Waals surface area contributed by atoms with Gasteiger partial charge in [-0.15, -0.1) is 22.7 Å². The van der Waals surface area contributed by atoms with Crippen molar-refractivity contribution in [3.05, 3.63) is 81.7 Å². The Bertz CT molecular complexity index is 1460. The third-order valence-electron chi connectivity index (χ3n) is 7.39. The van der Waals surface area contributed by atoms with Gasteiger partial charge in [-0.2, -0.15) is 0 Å². The number of hydrogen-bond donors (Lipinski definition) is 0. The summed E-state index contributed by atoms with van der Waals surface area (Å²) >= 11 is 3.10. The second kappa shape index (κ2) is 6.99. The number of carbonyl (C=O) groups excluding carboxylic acids is 2.